The fourth-order valence-corrected chi connectivity index (χ4v) is 2.30. The summed E-state index contributed by atoms with van der Waals surface area (Å²) in [5.74, 6) is -1.11. The van der Waals surface area contributed by atoms with Crippen LogP contribution in [-0.4, -0.2) is 16.9 Å². The summed E-state index contributed by atoms with van der Waals surface area (Å²) < 4.78 is 0. The predicted molar refractivity (Wildman–Crippen MR) is 63.8 cm³/mol. The second kappa shape index (κ2) is 4.17. The van der Waals surface area contributed by atoms with Crippen molar-refractivity contribution in [2.45, 2.75) is 25.2 Å². The smallest absolute Gasteiger partial charge is 0.332 e. The molecular formula is C14H14O3. The molecule has 0 spiro atoms. The van der Waals surface area contributed by atoms with Crippen LogP contribution in [0.4, 0.5) is 0 Å². The van der Waals surface area contributed by atoms with E-state index in [1.165, 1.54) is 6.08 Å². The van der Waals surface area contributed by atoms with E-state index in [0.29, 0.717) is 12.8 Å². The molecule has 0 saturated heterocycles. The van der Waals surface area contributed by atoms with Gasteiger partial charge in [-0.2, -0.15) is 0 Å². The fourth-order valence-electron chi connectivity index (χ4n) is 2.30. The molecule has 1 aromatic rings. The molecule has 0 heterocycles. The molecule has 0 amide bonds. The molecule has 17 heavy (non-hydrogen) atoms. The number of carbonyl (C=O) groups is 2. The molecule has 0 radical (unpaired) electrons. The molecule has 0 bridgehead atoms. The molecule has 1 atom stereocenters. The summed E-state index contributed by atoms with van der Waals surface area (Å²) in [6, 6.07) is 9.48. The number of hydrogen-bond donors (Lipinski definition) is 1. The lowest BCUT2D eigenvalue weighted by Crippen LogP contribution is -2.33. The molecule has 3 heteroatoms. The molecule has 0 unspecified atom stereocenters. The number of ketones is 1. The molecule has 1 aliphatic carbocycles. The van der Waals surface area contributed by atoms with Gasteiger partial charge in [0, 0.05) is 11.8 Å². The molecular weight excluding hydrogens is 216 g/mol. The average Bonchev–Trinajstić information content (AvgIpc) is 2.33. The number of rotatable bonds is 2. The van der Waals surface area contributed by atoms with Crippen molar-refractivity contribution in [3.63, 3.8) is 0 Å². The molecule has 1 N–H and O–H groups in total. The van der Waals surface area contributed by atoms with Gasteiger partial charge in [-0.15, -0.1) is 0 Å². The highest BCUT2D eigenvalue weighted by Crippen LogP contribution is 2.39. The Morgan fingerprint density at radius 1 is 1.29 bits per heavy atom. The monoisotopic (exact) mass is 230 g/mol. The van der Waals surface area contributed by atoms with Gasteiger partial charge in [-0.3, -0.25) is 4.79 Å². The Labute approximate surface area is 99.8 Å². The van der Waals surface area contributed by atoms with E-state index in [1.54, 1.807) is 0 Å². The van der Waals surface area contributed by atoms with E-state index in [-0.39, 0.29) is 11.4 Å². The number of carboxylic acid groups (broad SMARTS) is 1. The summed E-state index contributed by atoms with van der Waals surface area (Å²) in [5, 5.41) is 9.23. The van der Waals surface area contributed by atoms with Crippen molar-refractivity contribution >= 4 is 11.8 Å². The molecule has 3 nitrogen and oxygen atoms in total. The van der Waals surface area contributed by atoms with E-state index in [4.69, 9.17) is 0 Å². The number of hydrogen-bond acceptors (Lipinski definition) is 2. The van der Waals surface area contributed by atoms with Gasteiger partial charge in [0.15, 0.2) is 5.78 Å². The number of carbonyl (C=O) groups excluding carboxylic acids is 1. The van der Waals surface area contributed by atoms with Gasteiger partial charge in [-0.25, -0.2) is 4.79 Å². The van der Waals surface area contributed by atoms with Gasteiger partial charge >= 0.3 is 5.97 Å². The number of carboxylic acids is 1. The van der Waals surface area contributed by atoms with E-state index < -0.39 is 11.4 Å². The van der Waals surface area contributed by atoms with Crippen molar-refractivity contribution in [3.05, 3.63) is 47.5 Å². The van der Waals surface area contributed by atoms with Gasteiger partial charge in [0.2, 0.25) is 0 Å². The lowest BCUT2D eigenvalue weighted by Gasteiger charge is -2.33. The zero-order valence-electron chi connectivity index (χ0n) is 9.64. The maximum absolute atomic E-state index is 11.4. The van der Waals surface area contributed by atoms with E-state index in [1.807, 2.05) is 37.3 Å². The summed E-state index contributed by atoms with van der Waals surface area (Å²) in [4.78, 5) is 22.6. The number of benzene rings is 1. The Hall–Kier alpha value is -1.90. The van der Waals surface area contributed by atoms with Crippen LogP contribution in [0.15, 0.2) is 42.0 Å². The van der Waals surface area contributed by atoms with E-state index in [0.717, 1.165) is 5.56 Å². The normalized spacial score (nSPS) is 24.3. The fraction of sp³-hybridized carbons (Fsp3) is 0.286. The van der Waals surface area contributed by atoms with Gasteiger partial charge < -0.3 is 5.11 Å². The summed E-state index contributed by atoms with van der Waals surface area (Å²) in [6.45, 7) is 1.88. The zero-order valence-corrected chi connectivity index (χ0v) is 9.64. The van der Waals surface area contributed by atoms with Crippen molar-refractivity contribution in [2.24, 2.45) is 0 Å². The first-order valence-electron chi connectivity index (χ1n) is 5.58. The van der Waals surface area contributed by atoms with Crippen LogP contribution < -0.4 is 0 Å². The first kappa shape index (κ1) is 11.6. The largest absolute Gasteiger partial charge is 0.478 e. The summed E-state index contributed by atoms with van der Waals surface area (Å²) in [5.41, 5.74) is 0.571. The number of aliphatic carboxylic acids is 1. The lowest BCUT2D eigenvalue weighted by atomic mass is 9.69. The third-order valence-electron chi connectivity index (χ3n) is 3.41. The molecule has 0 saturated carbocycles. The van der Waals surface area contributed by atoms with E-state index >= 15 is 0 Å². The minimum absolute atomic E-state index is 0.101. The summed E-state index contributed by atoms with van der Waals surface area (Å²) in [7, 11) is 0. The van der Waals surface area contributed by atoms with Crippen LogP contribution in [-0.2, 0) is 15.0 Å². The molecule has 1 aliphatic rings. The molecule has 2 rings (SSSR count). The second-order valence-corrected chi connectivity index (χ2v) is 4.53. The Morgan fingerprint density at radius 3 is 2.53 bits per heavy atom. The van der Waals surface area contributed by atoms with E-state index in [2.05, 4.69) is 0 Å². The van der Waals surface area contributed by atoms with Crippen molar-refractivity contribution in [2.75, 3.05) is 0 Å². The molecule has 1 aromatic carbocycles. The lowest BCUT2D eigenvalue weighted by molar-refractivity contribution is -0.134. The summed E-state index contributed by atoms with van der Waals surface area (Å²) >= 11 is 0. The minimum atomic E-state index is -1.01. The van der Waals surface area contributed by atoms with Crippen LogP contribution in [0.2, 0.25) is 0 Å². The van der Waals surface area contributed by atoms with Crippen LogP contribution in [0.3, 0.4) is 0 Å². The predicted octanol–water partition coefficient (Wildman–Crippen LogP) is 2.32. The van der Waals surface area contributed by atoms with Crippen LogP contribution in [0.25, 0.3) is 0 Å². The number of allylic oxidation sites excluding steroid dienone is 1. The zero-order chi connectivity index (χ0) is 12.5. The van der Waals surface area contributed by atoms with Crippen LogP contribution in [0, 0.1) is 0 Å². The maximum Gasteiger partial charge on any atom is 0.332 e. The van der Waals surface area contributed by atoms with Gasteiger partial charge in [0.05, 0.1) is 5.57 Å². The van der Waals surface area contributed by atoms with Gasteiger partial charge in [-0.05, 0) is 18.1 Å². The van der Waals surface area contributed by atoms with Crippen LogP contribution in [0.5, 0.6) is 0 Å². The quantitative estimate of drug-likeness (QED) is 0.848. The Morgan fingerprint density at radius 2 is 1.94 bits per heavy atom. The van der Waals surface area contributed by atoms with Crippen molar-refractivity contribution in [1.82, 2.24) is 0 Å². The standard InChI is InChI=1S/C14H14O3/c1-14(10-5-3-2-4-6-10)8-7-11(15)9-12(14)13(16)17/h2-6,9H,7-8H2,1H3,(H,16,17)/t14-/m0/s1. The average molecular weight is 230 g/mol. The Kier molecular flexibility index (Phi) is 2.84. The molecule has 0 aromatic heterocycles. The van der Waals surface area contributed by atoms with Crippen molar-refractivity contribution in [1.29, 1.82) is 0 Å². The van der Waals surface area contributed by atoms with E-state index in [9.17, 15) is 14.7 Å². The first-order chi connectivity index (χ1) is 8.04. The highest BCUT2D eigenvalue weighted by atomic mass is 16.4. The third-order valence-corrected chi connectivity index (χ3v) is 3.41. The second-order valence-electron chi connectivity index (χ2n) is 4.53. The topological polar surface area (TPSA) is 54.4 Å². The van der Waals surface area contributed by atoms with Crippen molar-refractivity contribution in [3.8, 4) is 0 Å². The van der Waals surface area contributed by atoms with Crippen LogP contribution >= 0.6 is 0 Å². The Bertz CT molecular complexity index is 487. The molecule has 0 fully saturated rings. The van der Waals surface area contributed by atoms with Gasteiger partial charge in [-0.1, -0.05) is 37.3 Å². The molecule has 88 valence electrons. The molecule has 0 aliphatic heterocycles. The minimum Gasteiger partial charge on any atom is -0.478 e. The van der Waals surface area contributed by atoms with Crippen molar-refractivity contribution < 1.29 is 14.7 Å². The highest BCUT2D eigenvalue weighted by molar-refractivity contribution is 6.02. The maximum atomic E-state index is 11.4. The first-order valence-corrected chi connectivity index (χ1v) is 5.58. The Balaban J connectivity index is 2.53. The summed E-state index contributed by atoms with van der Waals surface area (Å²) in [6.07, 6.45) is 2.23. The van der Waals surface area contributed by atoms with Crippen LogP contribution in [0.1, 0.15) is 25.3 Å². The van der Waals surface area contributed by atoms with Gasteiger partial charge in [0.1, 0.15) is 0 Å². The third kappa shape index (κ3) is 2.00. The SMILES string of the molecule is C[C@@]1(c2ccccc2)CCC(=O)C=C1C(=O)O. The van der Waals surface area contributed by atoms with Gasteiger partial charge in [0.25, 0.3) is 0 Å². The highest BCUT2D eigenvalue weighted by Gasteiger charge is 2.38.